The van der Waals surface area contributed by atoms with Crippen molar-refractivity contribution in [1.82, 2.24) is 19.9 Å². The summed E-state index contributed by atoms with van der Waals surface area (Å²) in [5.74, 6) is -0.503. The Bertz CT molecular complexity index is 1130. The maximum atomic E-state index is 13.5. The number of carbonyl (C=O) groups excluding carboxylic acids is 1. The van der Waals surface area contributed by atoms with Crippen LogP contribution in [0.1, 0.15) is 25.2 Å². The summed E-state index contributed by atoms with van der Waals surface area (Å²) in [7, 11) is 0. The van der Waals surface area contributed by atoms with E-state index in [2.05, 4.69) is 15.0 Å². The lowest BCUT2D eigenvalue weighted by atomic mass is 9.99. The molecule has 33 heavy (non-hydrogen) atoms. The quantitative estimate of drug-likeness (QED) is 0.564. The highest BCUT2D eigenvalue weighted by molar-refractivity contribution is 5.85. The molecule has 1 amide bonds. The maximum absolute atomic E-state index is 13.5. The third-order valence-electron chi connectivity index (χ3n) is 4.92. The largest absolute Gasteiger partial charge is 0.467 e. The first-order valence-electron chi connectivity index (χ1n) is 10.3. The molecular formula is C23H24F3N5O2. The van der Waals surface area contributed by atoms with Crippen LogP contribution >= 0.6 is 0 Å². The van der Waals surface area contributed by atoms with Gasteiger partial charge in [0, 0.05) is 24.3 Å². The van der Waals surface area contributed by atoms with Crippen LogP contribution in [0.2, 0.25) is 0 Å². The number of amides is 1. The van der Waals surface area contributed by atoms with Crippen LogP contribution in [0.4, 0.5) is 19.1 Å². The van der Waals surface area contributed by atoms with Crippen molar-refractivity contribution in [2.45, 2.75) is 26.9 Å². The van der Waals surface area contributed by atoms with Crippen LogP contribution in [0, 0.1) is 6.92 Å². The lowest BCUT2D eigenvalue weighted by Gasteiger charge is -2.20. The standard InChI is InChI=1S/C23H24F3N5O2/c1-4-31(5-2)18(32)13-33-21-19(16-11-14(3)28-17(12-16)23(24,25)26)20(29-22(27)30-21)15-9-7-6-8-10-15/h6-12H,4-5,13H2,1-3H3,(H2,27,29,30). The van der Waals surface area contributed by atoms with Gasteiger partial charge in [0.1, 0.15) is 5.69 Å². The zero-order chi connectivity index (χ0) is 24.2. The number of nitrogens with two attached hydrogens (primary N) is 1. The number of nitrogen functional groups attached to an aromatic ring is 1. The summed E-state index contributed by atoms with van der Waals surface area (Å²) in [6, 6.07) is 11.2. The molecule has 0 saturated carbocycles. The van der Waals surface area contributed by atoms with E-state index in [1.165, 1.54) is 13.0 Å². The molecule has 0 saturated heterocycles. The van der Waals surface area contributed by atoms with E-state index < -0.39 is 11.9 Å². The predicted octanol–water partition coefficient (Wildman–Crippen LogP) is 4.36. The molecule has 3 aromatic rings. The summed E-state index contributed by atoms with van der Waals surface area (Å²) >= 11 is 0. The number of aromatic nitrogens is 3. The second-order valence-electron chi connectivity index (χ2n) is 7.21. The molecule has 10 heteroatoms. The second kappa shape index (κ2) is 9.85. The fraction of sp³-hybridized carbons (Fsp3) is 0.304. The molecule has 0 atom stereocenters. The highest BCUT2D eigenvalue weighted by Crippen LogP contribution is 2.40. The van der Waals surface area contributed by atoms with Crippen molar-refractivity contribution < 1.29 is 22.7 Å². The van der Waals surface area contributed by atoms with Gasteiger partial charge >= 0.3 is 6.18 Å². The van der Waals surface area contributed by atoms with E-state index in [9.17, 15) is 18.0 Å². The van der Waals surface area contributed by atoms with Gasteiger partial charge in [-0.3, -0.25) is 4.79 Å². The molecular weight excluding hydrogens is 435 g/mol. The number of alkyl halides is 3. The summed E-state index contributed by atoms with van der Waals surface area (Å²) < 4.78 is 46.2. The normalized spacial score (nSPS) is 11.3. The molecule has 0 bridgehead atoms. The number of rotatable bonds is 7. The van der Waals surface area contributed by atoms with Gasteiger partial charge in [0.2, 0.25) is 11.8 Å². The molecule has 0 aliphatic carbocycles. The molecule has 0 aliphatic rings. The minimum Gasteiger partial charge on any atom is -0.467 e. The van der Waals surface area contributed by atoms with Gasteiger partial charge in [-0.05, 0) is 38.5 Å². The number of nitrogens with zero attached hydrogens (tertiary/aromatic N) is 4. The van der Waals surface area contributed by atoms with Crippen molar-refractivity contribution in [2.75, 3.05) is 25.4 Å². The molecule has 2 heterocycles. The zero-order valence-corrected chi connectivity index (χ0v) is 18.5. The van der Waals surface area contributed by atoms with Gasteiger partial charge < -0.3 is 15.4 Å². The van der Waals surface area contributed by atoms with E-state index in [0.717, 1.165) is 6.07 Å². The Labute approximate surface area is 189 Å². The molecule has 2 N–H and O–H groups in total. The molecule has 1 aromatic carbocycles. The maximum Gasteiger partial charge on any atom is 0.433 e. The third-order valence-corrected chi connectivity index (χ3v) is 4.92. The number of likely N-dealkylation sites (N-methyl/N-ethyl adjacent to an activating group) is 1. The molecule has 0 radical (unpaired) electrons. The molecule has 0 fully saturated rings. The first-order chi connectivity index (χ1) is 15.6. The van der Waals surface area contributed by atoms with E-state index in [4.69, 9.17) is 10.5 Å². The molecule has 7 nitrogen and oxygen atoms in total. The summed E-state index contributed by atoms with van der Waals surface area (Å²) in [4.78, 5) is 26.0. The van der Waals surface area contributed by atoms with E-state index in [0.29, 0.717) is 18.7 Å². The number of pyridine rings is 1. The fourth-order valence-corrected chi connectivity index (χ4v) is 3.38. The predicted molar refractivity (Wildman–Crippen MR) is 118 cm³/mol. The first-order valence-corrected chi connectivity index (χ1v) is 10.3. The second-order valence-corrected chi connectivity index (χ2v) is 7.21. The van der Waals surface area contributed by atoms with Crippen molar-refractivity contribution in [1.29, 1.82) is 0 Å². The van der Waals surface area contributed by atoms with E-state index >= 15 is 0 Å². The molecule has 2 aromatic heterocycles. The van der Waals surface area contributed by atoms with E-state index in [1.807, 2.05) is 13.8 Å². The van der Waals surface area contributed by atoms with Gasteiger partial charge in [0.15, 0.2) is 6.61 Å². The van der Waals surface area contributed by atoms with Gasteiger partial charge in [-0.15, -0.1) is 0 Å². The van der Waals surface area contributed by atoms with Crippen molar-refractivity contribution >= 4 is 11.9 Å². The highest BCUT2D eigenvalue weighted by atomic mass is 19.4. The Morgan fingerprint density at radius 3 is 2.30 bits per heavy atom. The van der Waals surface area contributed by atoms with Gasteiger partial charge in [-0.1, -0.05) is 30.3 Å². The molecule has 0 aliphatic heterocycles. The third kappa shape index (κ3) is 5.57. The number of hydrogen-bond donors (Lipinski definition) is 1. The first kappa shape index (κ1) is 24.0. The average molecular weight is 459 g/mol. The average Bonchev–Trinajstić information content (AvgIpc) is 2.77. The number of hydrogen-bond acceptors (Lipinski definition) is 6. The van der Waals surface area contributed by atoms with Crippen LogP contribution in [0.25, 0.3) is 22.4 Å². The Morgan fingerprint density at radius 2 is 1.70 bits per heavy atom. The minimum absolute atomic E-state index is 0.0828. The highest BCUT2D eigenvalue weighted by Gasteiger charge is 2.34. The SMILES string of the molecule is CCN(CC)C(=O)COc1nc(N)nc(-c2ccccc2)c1-c1cc(C)nc(C(F)(F)F)c1. The van der Waals surface area contributed by atoms with Crippen LogP contribution in [0.15, 0.2) is 42.5 Å². The van der Waals surface area contributed by atoms with Gasteiger partial charge in [0.05, 0.1) is 11.3 Å². The van der Waals surface area contributed by atoms with Crippen molar-refractivity contribution in [2.24, 2.45) is 0 Å². The number of halogens is 3. The summed E-state index contributed by atoms with van der Waals surface area (Å²) in [5.41, 5.74) is 6.23. The Hall–Kier alpha value is -3.69. The Morgan fingerprint density at radius 1 is 1.03 bits per heavy atom. The van der Waals surface area contributed by atoms with Crippen molar-refractivity contribution in [3.8, 4) is 28.3 Å². The van der Waals surface area contributed by atoms with Crippen LogP contribution in [-0.4, -0.2) is 45.5 Å². The lowest BCUT2D eigenvalue weighted by Crippen LogP contribution is -2.34. The van der Waals surface area contributed by atoms with Gasteiger partial charge in [-0.25, -0.2) is 9.97 Å². The fourth-order valence-electron chi connectivity index (χ4n) is 3.38. The molecule has 0 unspecified atom stereocenters. The Kier molecular flexibility index (Phi) is 7.15. The number of benzene rings is 1. The van der Waals surface area contributed by atoms with Crippen LogP contribution < -0.4 is 10.5 Å². The van der Waals surface area contributed by atoms with Crippen LogP contribution in [0.3, 0.4) is 0 Å². The number of anilines is 1. The summed E-state index contributed by atoms with van der Waals surface area (Å²) in [6.07, 6.45) is -4.65. The van der Waals surface area contributed by atoms with Gasteiger partial charge in [0.25, 0.3) is 5.91 Å². The lowest BCUT2D eigenvalue weighted by molar-refractivity contribution is -0.141. The number of aryl methyl sites for hydroxylation is 1. The Balaban J connectivity index is 2.20. The number of ether oxygens (including phenoxy) is 1. The van der Waals surface area contributed by atoms with Crippen molar-refractivity contribution in [3.63, 3.8) is 0 Å². The van der Waals surface area contributed by atoms with E-state index in [-0.39, 0.29) is 46.9 Å². The summed E-state index contributed by atoms with van der Waals surface area (Å²) in [5, 5.41) is 0. The minimum atomic E-state index is -4.65. The molecule has 0 spiro atoms. The molecule has 3 rings (SSSR count). The van der Waals surface area contributed by atoms with Gasteiger partial charge in [-0.2, -0.15) is 18.2 Å². The number of carbonyl (C=O) groups is 1. The van der Waals surface area contributed by atoms with Crippen LogP contribution in [0.5, 0.6) is 5.88 Å². The van der Waals surface area contributed by atoms with Crippen LogP contribution in [-0.2, 0) is 11.0 Å². The van der Waals surface area contributed by atoms with E-state index in [1.54, 1.807) is 35.2 Å². The topological polar surface area (TPSA) is 94.2 Å². The molecule has 174 valence electrons. The zero-order valence-electron chi connectivity index (χ0n) is 18.5. The monoisotopic (exact) mass is 459 g/mol. The van der Waals surface area contributed by atoms with Crippen molar-refractivity contribution in [3.05, 3.63) is 53.9 Å². The smallest absolute Gasteiger partial charge is 0.433 e. The summed E-state index contributed by atoms with van der Waals surface area (Å²) in [6.45, 7) is 5.76.